The molecule has 9 nitrogen and oxygen atoms in total. The van der Waals surface area contributed by atoms with Crippen molar-refractivity contribution in [2.24, 2.45) is 7.05 Å². The van der Waals surface area contributed by atoms with E-state index in [4.69, 9.17) is 0 Å². The van der Waals surface area contributed by atoms with Crippen molar-refractivity contribution in [2.45, 2.75) is 44.7 Å². The van der Waals surface area contributed by atoms with Gasteiger partial charge in [0.25, 0.3) is 0 Å². The summed E-state index contributed by atoms with van der Waals surface area (Å²) in [6, 6.07) is 0.557. The standard InChI is InChI=1S/C17H22N8O/c1-11(26)21-13-3-5-15(6-4-13)25-16-12(8-20-25)7-18-17(23-16)22-14-9-19-24(2)10-14/h7-10,13,15H,3-6H2,1-2H3,(H,21,26)(H,18,22,23). The molecule has 0 bridgehead atoms. The summed E-state index contributed by atoms with van der Waals surface area (Å²) in [6.45, 7) is 1.57. The van der Waals surface area contributed by atoms with Gasteiger partial charge in [-0.25, -0.2) is 9.67 Å². The number of hydrogen-bond acceptors (Lipinski definition) is 6. The van der Waals surface area contributed by atoms with Crippen LogP contribution in [0.5, 0.6) is 0 Å². The van der Waals surface area contributed by atoms with Crippen LogP contribution in [0.4, 0.5) is 11.6 Å². The van der Waals surface area contributed by atoms with Gasteiger partial charge in [-0.3, -0.25) is 9.48 Å². The fourth-order valence-corrected chi connectivity index (χ4v) is 3.53. The number of carbonyl (C=O) groups excluding carboxylic acids is 1. The molecule has 1 amide bonds. The summed E-state index contributed by atoms with van der Waals surface area (Å²) < 4.78 is 3.72. The van der Waals surface area contributed by atoms with E-state index in [9.17, 15) is 4.79 Å². The average molecular weight is 354 g/mol. The molecule has 3 aromatic heterocycles. The van der Waals surface area contributed by atoms with Gasteiger partial charge in [0, 0.05) is 32.4 Å². The van der Waals surface area contributed by atoms with Crippen molar-refractivity contribution >= 4 is 28.6 Å². The first-order chi connectivity index (χ1) is 12.6. The van der Waals surface area contributed by atoms with E-state index in [1.807, 2.05) is 24.1 Å². The summed E-state index contributed by atoms with van der Waals surface area (Å²) in [5.41, 5.74) is 1.67. The second-order valence-corrected chi connectivity index (χ2v) is 6.80. The molecule has 0 saturated heterocycles. The van der Waals surface area contributed by atoms with E-state index in [0.717, 1.165) is 42.4 Å². The van der Waals surface area contributed by atoms with E-state index in [1.165, 1.54) is 0 Å². The maximum absolute atomic E-state index is 11.2. The maximum Gasteiger partial charge on any atom is 0.229 e. The zero-order valence-corrected chi connectivity index (χ0v) is 14.9. The topological polar surface area (TPSA) is 103 Å². The lowest BCUT2D eigenvalue weighted by molar-refractivity contribution is -0.119. The third-order valence-corrected chi connectivity index (χ3v) is 4.75. The molecule has 1 aliphatic rings. The highest BCUT2D eigenvalue weighted by Gasteiger charge is 2.25. The minimum Gasteiger partial charge on any atom is -0.354 e. The Morgan fingerprint density at radius 2 is 1.96 bits per heavy atom. The third-order valence-electron chi connectivity index (χ3n) is 4.75. The molecule has 3 heterocycles. The van der Waals surface area contributed by atoms with Crippen LogP contribution >= 0.6 is 0 Å². The van der Waals surface area contributed by atoms with Gasteiger partial charge in [0.15, 0.2) is 5.65 Å². The molecule has 0 atom stereocenters. The first-order valence-electron chi connectivity index (χ1n) is 8.81. The van der Waals surface area contributed by atoms with Crippen LogP contribution in [0.25, 0.3) is 11.0 Å². The Labute approximate surface area is 150 Å². The van der Waals surface area contributed by atoms with Crippen molar-refractivity contribution in [1.82, 2.24) is 34.8 Å². The van der Waals surface area contributed by atoms with Gasteiger partial charge in [-0.05, 0) is 25.7 Å². The highest BCUT2D eigenvalue weighted by Crippen LogP contribution is 2.30. The Kier molecular flexibility index (Phi) is 4.27. The summed E-state index contributed by atoms with van der Waals surface area (Å²) >= 11 is 0. The Balaban J connectivity index is 1.52. The van der Waals surface area contributed by atoms with Gasteiger partial charge in [0.05, 0.1) is 29.5 Å². The fraction of sp³-hybridized carbons (Fsp3) is 0.471. The first-order valence-corrected chi connectivity index (χ1v) is 8.81. The lowest BCUT2D eigenvalue weighted by Crippen LogP contribution is -2.36. The largest absolute Gasteiger partial charge is 0.354 e. The van der Waals surface area contributed by atoms with E-state index in [1.54, 1.807) is 24.0 Å². The molecule has 0 aliphatic heterocycles. The number of rotatable bonds is 4. The van der Waals surface area contributed by atoms with Crippen LogP contribution in [0.1, 0.15) is 38.6 Å². The normalized spacial score (nSPS) is 20.2. The number of hydrogen-bond donors (Lipinski definition) is 2. The van der Waals surface area contributed by atoms with Crippen LogP contribution in [0.15, 0.2) is 24.8 Å². The van der Waals surface area contributed by atoms with Crippen LogP contribution in [-0.4, -0.2) is 41.5 Å². The van der Waals surface area contributed by atoms with Gasteiger partial charge in [-0.15, -0.1) is 0 Å². The van der Waals surface area contributed by atoms with Crippen molar-refractivity contribution in [1.29, 1.82) is 0 Å². The number of anilines is 2. The van der Waals surface area contributed by atoms with Crippen molar-refractivity contribution in [3.05, 3.63) is 24.8 Å². The predicted octanol–water partition coefficient (Wildman–Crippen LogP) is 1.92. The van der Waals surface area contributed by atoms with E-state index in [0.29, 0.717) is 12.0 Å². The molecule has 0 spiro atoms. The molecular weight excluding hydrogens is 332 g/mol. The van der Waals surface area contributed by atoms with E-state index in [2.05, 4.69) is 30.8 Å². The molecule has 0 radical (unpaired) electrons. The summed E-state index contributed by atoms with van der Waals surface area (Å²) in [4.78, 5) is 20.2. The molecule has 1 aliphatic carbocycles. The molecule has 0 aromatic carbocycles. The zero-order valence-electron chi connectivity index (χ0n) is 14.9. The number of fused-ring (bicyclic) bond motifs is 1. The number of nitrogens with one attached hydrogen (secondary N) is 2. The molecule has 3 aromatic rings. The van der Waals surface area contributed by atoms with E-state index in [-0.39, 0.29) is 11.9 Å². The Morgan fingerprint density at radius 3 is 2.65 bits per heavy atom. The quantitative estimate of drug-likeness (QED) is 0.742. The summed E-state index contributed by atoms with van der Waals surface area (Å²) in [7, 11) is 1.86. The van der Waals surface area contributed by atoms with Gasteiger partial charge >= 0.3 is 0 Å². The van der Waals surface area contributed by atoms with Gasteiger partial charge < -0.3 is 10.6 Å². The second kappa shape index (κ2) is 6.74. The van der Waals surface area contributed by atoms with Crippen molar-refractivity contribution in [3.63, 3.8) is 0 Å². The monoisotopic (exact) mass is 354 g/mol. The van der Waals surface area contributed by atoms with Gasteiger partial charge in [0.1, 0.15) is 0 Å². The molecule has 1 fully saturated rings. The van der Waals surface area contributed by atoms with Gasteiger partial charge in [0.2, 0.25) is 11.9 Å². The number of carbonyl (C=O) groups is 1. The molecule has 1 saturated carbocycles. The second-order valence-electron chi connectivity index (χ2n) is 6.80. The lowest BCUT2D eigenvalue weighted by atomic mass is 9.91. The summed E-state index contributed by atoms with van der Waals surface area (Å²) in [6.07, 6.45) is 11.0. The highest BCUT2D eigenvalue weighted by atomic mass is 16.1. The molecule has 9 heteroatoms. The van der Waals surface area contributed by atoms with Crippen LogP contribution < -0.4 is 10.6 Å². The minimum absolute atomic E-state index is 0.0387. The Bertz CT molecular complexity index is 922. The van der Waals surface area contributed by atoms with Crippen LogP contribution in [0, 0.1) is 0 Å². The minimum atomic E-state index is 0.0387. The highest BCUT2D eigenvalue weighted by molar-refractivity contribution is 5.75. The molecule has 0 unspecified atom stereocenters. The zero-order chi connectivity index (χ0) is 18.1. The summed E-state index contributed by atoms with van der Waals surface area (Å²) in [5, 5.41) is 15.8. The molecule has 4 rings (SSSR count). The lowest BCUT2D eigenvalue weighted by Gasteiger charge is -2.29. The van der Waals surface area contributed by atoms with Crippen LogP contribution in [0.2, 0.25) is 0 Å². The molecule has 2 N–H and O–H groups in total. The Hall–Kier alpha value is -2.97. The Morgan fingerprint density at radius 1 is 1.15 bits per heavy atom. The number of nitrogens with zero attached hydrogens (tertiary/aromatic N) is 6. The van der Waals surface area contributed by atoms with Crippen molar-refractivity contribution in [2.75, 3.05) is 5.32 Å². The van der Waals surface area contributed by atoms with Gasteiger partial charge in [-0.2, -0.15) is 15.2 Å². The number of aryl methyl sites for hydroxylation is 1. The van der Waals surface area contributed by atoms with Crippen molar-refractivity contribution < 1.29 is 4.79 Å². The van der Waals surface area contributed by atoms with Crippen molar-refractivity contribution in [3.8, 4) is 0 Å². The fourth-order valence-electron chi connectivity index (χ4n) is 3.53. The third kappa shape index (κ3) is 3.37. The summed E-state index contributed by atoms with van der Waals surface area (Å²) in [5.74, 6) is 0.566. The SMILES string of the molecule is CC(=O)NC1CCC(n2ncc3cnc(Nc4cnn(C)c4)nc32)CC1. The molecular formula is C17H22N8O. The predicted molar refractivity (Wildman–Crippen MR) is 96.9 cm³/mol. The number of amides is 1. The van der Waals surface area contributed by atoms with E-state index < -0.39 is 0 Å². The number of aromatic nitrogens is 6. The maximum atomic E-state index is 11.2. The molecule has 136 valence electrons. The van der Waals surface area contributed by atoms with Crippen LogP contribution in [0.3, 0.4) is 0 Å². The molecule has 26 heavy (non-hydrogen) atoms. The van der Waals surface area contributed by atoms with E-state index >= 15 is 0 Å². The van der Waals surface area contributed by atoms with Gasteiger partial charge in [-0.1, -0.05) is 0 Å². The first kappa shape index (κ1) is 16.5. The smallest absolute Gasteiger partial charge is 0.229 e. The average Bonchev–Trinajstić information content (AvgIpc) is 3.21. The van der Waals surface area contributed by atoms with Crippen LogP contribution in [-0.2, 0) is 11.8 Å².